The largest absolute Gasteiger partial charge is 0.295 e. The van der Waals surface area contributed by atoms with E-state index in [4.69, 9.17) is 0 Å². The molecule has 0 bridgehead atoms. The fraction of sp³-hybridized carbons (Fsp3) is 0.727. The highest BCUT2D eigenvalue weighted by molar-refractivity contribution is 5.95. The van der Waals surface area contributed by atoms with E-state index in [1.54, 1.807) is 0 Å². The maximum absolute atomic E-state index is 11.1. The molecule has 0 atom stereocenters. The number of carbonyl (C=O) groups is 1. The first kappa shape index (κ1) is 14.0. The molecule has 1 heteroatoms. The molecule has 0 saturated carbocycles. The maximum atomic E-state index is 11.1. The second-order valence-electron chi connectivity index (χ2n) is 2.54. The number of Topliss-reactive ketones (excluding diaryl/α,β-unsaturated/α-hetero) is 1. The number of rotatable bonds is 3. The molecule has 0 aliphatic heterocycles. The highest BCUT2D eigenvalue weighted by Crippen LogP contribution is 2.09. The van der Waals surface area contributed by atoms with Gasteiger partial charge in [0, 0.05) is 6.42 Å². The predicted molar refractivity (Wildman–Crippen MR) is 55.3 cm³/mol. The third-order valence-electron chi connectivity index (χ3n) is 1.91. The van der Waals surface area contributed by atoms with Gasteiger partial charge in [-0.15, -0.1) is 0 Å². The Kier molecular flexibility index (Phi) is 9.90. The average Bonchev–Trinajstić information content (AvgIpc) is 2.17. The Hall–Kier alpha value is -0.590. The van der Waals surface area contributed by atoms with E-state index in [1.807, 2.05) is 34.6 Å². The minimum Gasteiger partial charge on any atom is -0.295 e. The molecule has 0 radical (unpaired) electrons. The molecule has 0 saturated heterocycles. The maximum Gasteiger partial charge on any atom is 0.158 e. The monoisotopic (exact) mass is 170 g/mol. The standard InChI is InChI=1S/C9H16O.C2H6/c1-5-7(3)8(4)9(10)6-2;1-2/h5-6H2,1-4H3;1-2H3/b8-7-;. The molecule has 0 N–H and O–H groups in total. The van der Waals surface area contributed by atoms with Crippen LogP contribution in [0.1, 0.15) is 54.4 Å². The highest BCUT2D eigenvalue weighted by atomic mass is 16.1. The van der Waals surface area contributed by atoms with Crippen molar-refractivity contribution >= 4 is 5.78 Å². The van der Waals surface area contributed by atoms with E-state index in [2.05, 4.69) is 6.92 Å². The van der Waals surface area contributed by atoms with Gasteiger partial charge in [-0.1, -0.05) is 33.3 Å². The molecular formula is C11H22O. The first-order valence-electron chi connectivity index (χ1n) is 4.83. The van der Waals surface area contributed by atoms with Gasteiger partial charge in [0.15, 0.2) is 5.78 Å². The van der Waals surface area contributed by atoms with Crippen molar-refractivity contribution in [2.45, 2.75) is 54.4 Å². The van der Waals surface area contributed by atoms with E-state index in [1.165, 1.54) is 5.57 Å². The van der Waals surface area contributed by atoms with E-state index in [-0.39, 0.29) is 5.78 Å². The molecular weight excluding hydrogens is 148 g/mol. The first-order chi connectivity index (χ1) is 5.63. The molecule has 72 valence electrons. The highest BCUT2D eigenvalue weighted by Gasteiger charge is 2.02. The van der Waals surface area contributed by atoms with Crippen molar-refractivity contribution in [2.24, 2.45) is 0 Å². The zero-order chi connectivity index (χ0) is 10.1. The van der Waals surface area contributed by atoms with Crippen molar-refractivity contribution in [2.75, 3.05) is 0 Å². The summed E-state index contributed by atoms with van der Waals surface area (Å²) in [5, 5.41) is 0. The zero-order valence-electron chi connectivity index (χ0n) is 9.32. The van der Waals surface area contributed by atoms with Gasteiger partial charge in [0.05, 0.1) is 0 Å². The van der Waals surface area contributed by atoms with Gasteiger partial charge < -0.3 is 0 Å². The molecule has 0 heterocycles. The van der Waals surface area contributed by atoms with Crippen LogP contribution in [0.15, 0.2) is 11.1 Å². The number of carbonyl (C=O) groups excluding carboxylic acids is 1. The second-order valence-corrected chi connectivity index (χ2v) is 2.54. The lowest BCUT2D eigenvalue weighted by Crippen LogP contribution is -1.98. The number of hydrogen-bond acceptors (Lipinski definition) is 1. The van der Waals surface area contributed by atoms with Crippen LogP contribution in [-0.2, 0) is 4.79 Å². The second kappa shape index (κ2) is 8.51. The third-order valence-corrected chi connectivity index (χ3v) is 1.91. The van der Waals surface area contributed by atoms with Crippen LogP contribution >= 0.6 is 0 Å². The Balaban J connectivity index is 0. The van der Waals surface area contributed by atoms with E-state index in [0.29, 0.717) is 6.42 Å². The van der Waals surface area contributed by atoms with Crippen molar-refractivity contribution in [3.63, 3.8) is 0 Å². The van der Waals surface area contributed by atoms with E-state index in [9.17, 15) is 4.79 Å². The smallest absolute Gasteiger partial charge is 0.158 e. The zero-order valence-corrected chi connectivity index (χ0v) is 9.32. The molecule has 0 aromatic carbocycles. The molecule has 0 amide bonds. The van der Waals surface area contributed by atoms with Crippen LogP contribution in [0.25, 0.3) is 0 Å². The van der Waals surface area contributed by atoms with Gasteiger partial charge in [-0.25, -0.2) is 0 Å². The average molecular weight is 170 g/mol. The molecule has 1 nitrogen and oxygen atoms in total. The van der Waals surface area contributed by atoms with E-state index < -0.39 is 0 Å². The van der Waals surface area contributed by atoms with Crippen LogP contribution in [0.3, 0.4) is 0 Å². The van der Waals surface area contributed by atoms with Crippen molar-refractivity contribution in [3.05, 3.63) is 11.1 Å². The van der Waals surface area contributed by atoms with Crippen molar-refractivity contribution in [1.29, 1.82) is 0 Å². The van der Waals surface area contributed by atoms with Gasteiger partial charge in [-0.2, -0.15) is 0 Å². The minimum atomic E-state index is 0.277. The van der Waals surface area contributed by atoms with E-state index in [0.717, 1.165) is 12.0 Å². The van der Waals surface area contributed by atoms with Crippen molar-refractivity contribution < 1.29 is 4.79 Å². The molecule has 0 aliphatic carbocycles. The van der Waals surface area contributed by atoms with Crippen LogP contribution in [0.2, 0.25) is 0 Å². The normalized spacial score (nSPS) is 11.2. The summed E-state index contributed by atoms with van der Waals surface area (Å²) in [6.07, 6.45) is 1.61. The number of hydrogen-bond donors (Lipinski definition) is 0. The number of allylic oxidation sites excluding steroid dienone is 2. The Morgan fingerprint density at radius 2 is 1.42 bits per heavy atom. The first-order valence-corrected chi connectivity index (χ1v) is 4.83. The van der Waals surface area contributed by atoms with Crippen LogP contribution in [0, 0.1) is 0 Å². The van der Waals surface area contributed by atoms with E-state index >= 15 is 0 Å². The lowest BCUT2D eigenvalue weighted by molar-refractivity contribution is -0.115. The fourth-order valence-electron chi connectivity index (χ4n) is 0.768. The molecule has 0 aromatic rings. The van der Waals surface area contributed by atoms with Crippen molar-refractivity contribution in [1.82, 2.24) is 0 Å². The summed E-state index contributed by atoms with van der Waals surface area (Å²) < 4.78 is 0. The van der Waals surface area contributed by atoms with Crippen molar-refractivity contribution in [3.8, 4) is 0 Å². The Morgan fingerprint density at radius 3 is 1.67 bits per heavy atom. The van der Waals surface area contributed by atoms with Gasteiger partial charge in [0.2, 0.25) is 0 Å². The van der Waals surface area contributed by atoms with Crippen LogP contribution in [-0.4, -0.2) is 5.78 Å². The summed E-state index contributed by atoms with van der Waals surface area (Å²) in [5.74, 6) is 0.277. The summed E-state index contributed by atoms with van der Waals surface area (Å²) in [4.78, 5) is 11.1. The van der Waals surface area contributed by atoms with Gasteiger partial charge in [-0.05, 0) is 25.8 Å². The van der Waals surface area contributed by atoms with Gasteiger partial charge in [-0.3, -0.25) is 4.79 Å². The molecule has 0 unspecified atom stereocenters. The van der Waals surface area contributed by atoms with Gasteiger partial charge in [0.1, 0.15) is 0 Å². The minimum absolute atomic E-state index is 0.277. The molecule has 0 aromatic heterocycles. The van der Waals surface area contributed by atoms with Crippen LogP contribution < -0.4 is 0 Å². The Bertz CT molecular complexity index is 154. The Labute approximate surface area is 76.9 Å². The van der Waals surface area contributed by atoms with Crippen LogP contribution in [0.5, 0.6) is 0 Å². The topological polar surface area (TPSA) is 17.1 Å². The SMILES string of the molecule is CC.CCC(=O)/C(C)=C(/C)CC. The lowest BCUT2D eigenvalue weighted by atomic mass is 10.0. The molecule has 12 heavy (non-hydrogen) atoms. The molecule has 0 fully saturated rings. The third kappa shape index (κ3) is 5.11. The predicted octanol–water partition coefficient (Wildman–Crippen LogP) is 3.74. The lowest BCUT2D eigenvalue weighted by Gasteiger charge is -2.01. The summed E-state index contributed by atoms with van der Waals surface area (Å²) >= 11 is 0. The summed E-state index contributed by atoms with van der Waals surface area (Å²) in [7, 11) is 0. The van der Waals surface area contributed by atoms with Crippen LogP contribution in [0.4, 0.5) is 0 Å². The molecule has 0 aliphatic rings. The fourth-order valence-corrected chi connectivity index (χ4v) is 0.768. The summed E-state index contributed by atoms with van der Waals surface area (Å²) in [5.41, 5.74) is 2.16. The Morgan fingerprint density at radius 1 is 1.00 bits per heavy atom. The van der Waals surface area contributed by atoms with Gasteiger partial charge >= 0.3 is 0 Å². The summed E-state index contributed by atoms with van der Waals surface area (Å²) in [6.45, 7) is 11.9. The number of ketones is 1. The summed E-state index contributed by atoms with van der Waals surface area (Å²) in [6, 6.07) is 0. The molecule has 0 rings (SSSR count). The quantitative estimate of drug-likeness (QED) is 0.590. The molecule has 0 spiro atoms. The van der Waals surface area contributed by atoms with Gasteiger partial charge in [0.25, 0.3) is 0 Å².